The number of likely N-dealkylation sites (tertiary alicyclic amines) is 1. The van der Waals surface area contributed by atoms with Gasteiger partial charge in [0, 0.05) is 19.5 Å². The smallest absolute Gasteiger partial charge is 0.471 e. The molecule has 2 fully saturated rings. The molecule has 9 heteroatoms. The quantitative estimate of drug-likeness (QED) is 0.753. The van der Waals surface area contributed by atoms with Gasteiger partial charge in [-0.05, 0) is 12.8 Å². The van der Waals surface area contributed by atoms with Gasteiger partial charge in [0.25, 0.3) is 5.92 Å². The van der Waals surface area contributed by atoms with Gasteiger partial charge in [-0.3, -0.25) is 9.59 Å². The van der Waals surface area contributed by atoms with Crippen molar-refractivity contribution in [1.82, 2.24) is 4.90 Å². The van der Waals surface area contributed by atoms with Crippen molar-refractivity contribution in [2.24, 2.45) is 11.3 Å². The van der Waals surface area contributed by atoms with Crippen molar-refractivity contribution in [3.8, 4) is 0 Å². The zero-order chi connectivity index (χ0) is 16.8. The standard InChI is InChI=1S/C13H16F5NO3/c14-12(15)5-3-1-2-4-11(12)7-19(6-8(11)9(20)21)10(22)13(16,17)18/h8H,1-7H2,(H,20,21). The van der Waals surface area contributed by atoms with Gasteiger partial charge in [0.05, 0.1) is 11.3 Å². The van der Waals surface area contributed by atoms with Crippen molar-refractivity contribution >= 4 is 11.9 Å². The Labute approximate surface area is 123 Å². The third-order valence-corrected chi connectivity index (χ3v) is 4.71. The van der Waals surface area contributed by atoms with Crippen LogP contribution in [0.5, 0.6) is 0 Å². The van der Waals surface area contributed by atoms with Crippen molar-refractivity contribution in [1.29, 1.82) is 0 Å². The van der Waals surface area contributed by atoms with E-state index in [1.165, 1.54) is 0 Å². The molecule has 1 heterocycles. The first-order valence-corrected chi connectivity index (χ1v) is 6.98. The van der Waals surface area contributed by atoms with Gasteiger partial charge in [0.15, 0.2) is 0 Å². The summed E-state index contributed by atoms with van der Waals surface area (Å²) in [7, 11) is 0. The van der Waals surface area contributed by atoms with Crippen molar-refractivity contribution in [2.75, 3.05) is 13.1 Å². The SMILES string of the molecule is O=C(O)C1CN(C(=O)C(F)(F)F)CC12CCCCCC2(F)F. The first kappa shape index (κ1) is 17.0. The molecule has 0 aromatic heterocycles. The van der Waals surface area contributed by atoms with Crippen LogP contribution in [0.4, 0.5) is 22.0 Å². The minimum Gasteiger partial charge on any atom is -0.481 e. The molecule has 22 heavy (non-hydrogen) atoms. The Bertz CT molecular complexity index is 479. The summed E-state index contributed by atoms with van der Waals surface area (Å²) in [5, 5.41) is 9.20. The number of carboxylic acid groups (broad SMARTS) is 1. The molecular weight excluding hydrogens is 313 g/mol. The first-order chi connectivity index (χ1) is 10.0. The predicted octanol–water partition coefficient (Wildman–Crippen LogP) is 2.68. The van der Waals surface area contributed by atoms with Gasteiger partial charge in [-0.2, -0.15) is 13.2 Å². The van der Waals surface area contributed by atoms with Gasteiger partial charge < -0.3 is 10.0 Å². The number of nitrogens with zero attached hydrogens (tertiary/aromatic N) is 1. The summed E-state index contributed by atoms with van der Waals surface area (Å²) in [5.41, 5.74) is -2.11. The fourth-order valence-electron chi connectivity index (χ4n) is 3.58. The summed E-state index contributed by atoms with van der Waals surface area (Å²) < 4.78 is 66.6. The van der Waals surface area contributed by atoms with E-state index in [9.17, 15) is 36.6 Å². The van der Waals surface area contributed by atoms with Crippen LogP contribution in [0.2, 0.25) is 0 Å². The second kappa shape index (κ2) is 5.34. The monoisotopic (exact) mass is 329 g/mol. The van der Waals surface area contributed by atoms with Crippen LogP contribution in [0, 0.1) is 11.3 Å². The van der Waals surface area contributed by atoms with Crippen LogP contribution in [-0.4, -0.2) is 47.1 Å². The normalized spacial score (nSPS) is 32.0. The Morgan fingerprint density at radius 1 is 1.09 bits per heavy atom. The molecule has 126 valence electrons. The van der Waals surface area contributed by atoms with Crippen molar-refractivity contribution in [3.63, 3.8) is 0 Å². The topological polar surface area (TPSA) is 57.6 Å². The highest BCUT2D eigenvalue weighted by Crippen LogP contribution is 2.55. The first-order valence-electron chi connectivity index (χ1n) is 6.98. The van der Waals surface area contributed by atoms with E-state index in [1.54, 1.807) is 0 Å². The molecule has 4 nitrogen and oxygen atoms in total. The molecule has 2 unspecified atom stereocenters. The number of aliphatic carboxylic acids is 1. The highest BCUT2D eigenvalue weighted by Gasteiger charge is 2.65. The molecule has 0 bridgehead atoms. The highest BCUT2D eigenvalue weighted by molar-refractivity contribution is 5.84. The number of carbonyl (C=O) groups excluding carboxylic acids is 1. The predicted molar refractivity (Wildman–Crippen MR) is 64.2 cm³/mol. The van der Waals surface area contributed by atoms with Crippen LogP contribution >= 0.6 is 0 Å². The lowest BCUT2D eigenvalue weighted by Crippen LogP contribution is -2.49. The molecule has 2 aliphatic rings. The minimum absolute atomic E-state index is 0.189. The average Bonchev–Trinajstić information content (AvgIpc) is 2.70. The van der Waals surface area contributed by atoms with E-state index in [1.807, 2.05) is 0 Å². The summed E-state index contributed by atoms with van der Waals surface area (Å²) in [6.45, 7) is -1.70. The van der Waals surface area contributed by atoms with Gasteiger partial charge in [0.2, 0.25) is 0 Å². The van der Waals surface area contributed by atoms with Gasteiger partial charge in [-0.25, -0.2) is 8.78 Å². The summed E-state index contributed by atoms with van der Waals surface area (Å²) in [6, 6.07) is 0. The van der Waals surface area contributed by atoms with Gasteiger partial charge in [0.1, 0.15) is 0 Å². The van der Waals surface area contributed by atoms with E-state index in [0.717, 1.165) is 0 Å². The highest BCUT2D eigenvalue weighted by atomic mass is 19.4. The lowest BCUT2D eigenvalue weighted by molar-refractivity contribution is -0.187. The number of carboxylic acids is 1. The number of alkyl halides is 5. The molecule has 2 rings (SSSR count). The molecule has 1 saturated carbocycles. The van der Waals surface area contributed by atoms with Crippen LogP contribution in [0.15, 0.2) is 0 Å². The van der Waals surface area contributed by atoms with Crippen LogP contribution in [0.1, 0.15) is 32.1 Å². The summed E-state index contributed by atoms with van der Waals surface area (Å²) in [6.07, 6.45) is -4.99. The number of halogens is 5. The second-order valence-electron chi connectivity index (χ2n) is 6.00. The van der Waals surface area contributed by atoms with Crippen molar-refractivity contribution in [3.05, 3.63) is 0 Å². The molecule has 1 aliphatic carbocycles. The Kier molecular flexibility index (Phi) is 4.12. The van der Waals surface area contributed by atoms with Crippen molar-refractivity contribution in [2.45, 2.75) is 44.2 Å². The summed E-state index contributed by atoms with van der Waals surface area (Å²) in [4.78, 5) is 22.9. The molecule has 2 atom stereocenters. The third-order valence-electron chi connectivity index (χ3n) is 4.71. The Hall–Kier alpha value is -1.41. The summed E-state index contributed by atoms with van der Waals surface area (Å²) in [5.74, 6) is -8.94. The van der Waals surface area contributed by atoms with E-state index in [2.05, 4.69) is 0 Å². The minimum atomic E-state index is -5.20. The number of hydrogen-bond acceptors (Lipinski definition) is 2. The third kappa shape index (κ3) is 2.65. The molecule has 0 aromatic carbocycles. The molecule has 0 radical (unpaired) electrons. The fourth-order valence-corrected chi connectivity index (χ4v) is 3.58. The number of rotatable bonds is 1. The zero-order valence-electron chi connectivity index (χ0n) is 11.6. The number of hydrogen-bond donors (Lipinski definition) is 1. The fraction of sp³-hybridized carbons (Fsp3) is 0.846. The maximum atomic E-state index is 14.5. The Morgan fingerprint density at radius 3 is 2.23 bits per heavy atom. The van der Waals surface area contributed by atoms with E-state index in [0.29, 0.717) is 12.8 Å². The average molecular weight is 329 g/mol. The van der Waals surface area contributed by atoms with E-state index in [4.69, 9.17) is 0 Å². The lowest BCUT2D eigenvalue weighted by atomic mass is 9.69. The molecule has 1 saturated heterocycles. The molecule has 1 amide bonds. The van der Waals surface area contributed by atoms with E-state index < -0.39 is 54.8 Å². The maximum Gasteiger partial charge on any atom is 0.471 e. The van der Waals surface area contributed by atoms with Gasteiger partial charge >= 0.3 is 18.1 Å². The second-order valence-corrected chi connectivity index (χ2v) is 6.00. The molecule has 1 spiro atoms. The molecule has 1 aliphatic heterocycles. The van der Waals surface area contributed by atoms with E-state index >= 15 is 0 Å². The Balaban J connectivity index is 2.40. The van der Waals surface area contributed by atoms with Crippen LogP contribution in [-0.2, 0) is 9.59 Å². The molecular formula is C13H16F5NO3. The Morgan fingerprint density at radius 2 is 1.68 bits per heavy atom. The van der Waals surface area contributed by atoms with Crippen LogP contribution in [0.25, 0.3) is 0 Å². The van der Waals surface area contributed by atoms with Crippen molar-refractivity contribution < 1.29 is 36.6 Å². The number of amides is 1. The van der Waals surface area contributed by atoms with Gasteiger partial charge in [-0.15, -0.1) is 0 Å². The maximum absolute atomic E-state index is 14.5. The molecule has 0 aromatic rings. The molecule has 1 N–H and O–H groups in total. The summed E-state index contributed by atoms with van der Waals surface area (Å²) >= 11 is 0. The van der Waals surface area contributed by atoms with Gasteiger partial charge in [-0.1, -0.05) is 12.8 Å². The van der Waals surface area contributed by atoms with Crippen LogP contribution < -0.4 is 0 Å². The zero-order valence-corrected chi connectivity index (χ0v) is 11.6. The lowest BCUT2D eigenvalue weighted by Gasteiger charge is -2.38. The van der Waals surface area contributed by atoms with Crippen LogP contribution in [0.3, 0.4) is 0 Å². The van der Waals surface area contributed by atoms with E-state index in [-0.39, 0.29) is 17.7 Å². The largest absolute Gasteiger partial charge is 0.481 e. The number of carbonyl (C=O) groups is 2.